The van der Waals surface area contributed by atoms with Gasteiger partial charge in [-0.3, -0.25) is 0 Å². The van der Waals surface area contributed by atoms with Crippen molar-refractivity contribution < 1.29 is 0 Å². The molecule has 68 heavy (non-hydrogen) atoms. The summed E-state index contributed by atoms with van der Waals surface area (Å²) in [6, 6.07) is 81.4. The van der Waals surface area contributed by atoms with Gasteiger partial charge in [0, 0.05) is 38.2 Å². The highest BCUT2D eigenvalue weighted by Gasteiger charge is 2.25. The Hall–Kier alpha value is -9.80. The third kappa shape index (κ3) is 6.67. The van der Waals surface area contributed by atoms with Crippen LogP contribution in [-0.2, 0) is 0 Å². The number of aromatic nitrogens is 3. The highest BCUT2D eigenvalue weighted by atomic mass is 15.0. The monoisotopic (exact) mass is 864 g/mol. The van der Waals surface area contributed by atoms with E-state index < -0.39 is 0 Å². The molecule has 0 unspecified atom stereocenters. The first-order valence-electron chi connectivity index (χ1n) is 22.4. The van der Waals surface area contributed by atoms with E-state index in [0.717, 1.165) is 111 Å². The highest BCUT2D eigenvalue weighted by molar-refractivity contribution is 6.13. The van der Waals surface area contributed by atoms with Crippen LogP contribution in [0, 0.1) is 34.0 Å². The minimum absolute atomic E-state index is 0.506. The van der Waals surface area contributed by atoms with Crippen LogP contribution in [0.15, 0.2) is 218 Å². The van der Waals surface area contributed by atoms with Crippen molar-refractivity contribution in [1.29, 1.82) is 15.8 Å². The number of benzene rings is 9. The van der Waals surface area contributed by atoms with Gasteiger partial charge in [0.1, 0.15) is 0 Å². The fraction of sp³-hybridized carbons (Fsp3) is 0. The minimum Gasteiger partial charge on any atom is -0.308 e. The SMILES string of the molecule is N#Cc1cccc(-c2ccc3c(c2)c2ccccc2n3-c2cc(C#N)cc(-n3c4ccccc4c4cc(-c5cccc(C#N)c5)ccc43)c2-c2cc(-c3ccccc3)nc(-c3ccccc3)c2)c1. The molecule has 3 aromatic heterocycles. The van der Waals surface area contributed by atoms with E-state index in [2.05, 4.69) is 149 Å². The summed E-state index contributed by atoms with van der Waals surface area (Å²) in [6.07, 6.45) is 0. The van der Waals surface area contributed by atoms with E-state index in [1.807, 2.05) is 97.1 Å². The normalized spacial score (nSPS) is 11.2. The average molecular weight is 865 g/mol. The van der Waals surface area contributed by atoms with Gasteiger partial charge in [-0.15, -0.1) is 0 Å². The number of pyridine rings is 1. The van der Waals surface area contributed by atoms with Gasteiger partial charge in [-0.1, -0.05) is 133 Å². The van der Waals surface area contributed by atoms with Crippen molar-refractivity contribution in [2.45, 2.75) is 0 Å². The smallest absolute Gasteiger partial charge is 0.0993 e. The molecule has 314 valence electrons. The lowest BCUT2D eigenvalue weighted by molar-refractivity contribution is 1.13. The zero-order chi connectivity index (χ0) is 45.7. The van der Waals surface area contributed by atoms with E-state index in [-0.39, 0.29) is 0 Å². The molecule has 12 rings (SSSR count). The van der Waals surface area contributed by atoms with Crippen molar-refractivity contribution in [2.24, 2.45) is 0 Å². The van der Waals surface area contributed by atoms with Gasteiger partial charge in [0.05, 0.1) is 79.7 Å². The largest absolute Gasteiger partial charge is 0.308 e. The first-order valence-corrected chi connectivity index (χ1v) is 22.4. The molecule has 0 radical (unpaired) electrons. The van der Waals surface area contributed by atoms with Gasteiger partial charge in [-0.25, -0.2) is 4.98 Å². The second kappa shape index (κ2) is 16.3. The zero-order valence-electron chi connectivity index (χ0n) is 36.5. The molecular formula is C62H36N6. The number of rotatable bonds is 7. The second-order valence-corrected chi connectivity index (χ2v) is 16.9. The Kier molecular flexibility index (Phi) is 9.55. The summed E-state index contributed by atoms with van der Waals surface area (Å²) in [4.78, 5) is 5.31. The number of fused-ring (bicyclic) bond motifs is 6. The Balaban J connectivity index is 1.22. The summed E-state index contributed by atoms with van der Waals surface area (Å²) in [6.45, 7) is 0. The molecule has 0 bridgehead atoms. The summed E-state index contributed by atoms with van der Waals surface area (Å²) >= 11 is 0. The Morgan fingerprint density at radius 2 is 0.691 bits per heavy atom. The van der Waals surface area contributed by atoms with E-state index in [1.165, 1.54) is 0 Å². The van der Waals surface area contributed by atoms with Crippen LogP contribution in [0.3, 0.4) is 0 Å². The van der Waals surface area contributed by atoms with Crippen molar-refractivity contribution in [3.8, 4) is 85.5 Å². The molecule has 0 aliphatic rings. The number of nitriles is 3. The quantitative estimate of drug-likeness (QED) is 0.159. The van der Waals surface area contributed by atoms with Gasteiger partial charge in [0.25, 0.3) is 0 Å². The molecule has 0 aliphatic heterocycles. The number of hydrogen-bond acceptors (Lipinski definition) is 4. The maximum Gasteiger partial charge on any atom is 0.0993 e. The molecule has 0 atom stereocenters. The standard InChI is InChI=1S/C62H36N6/c63-37-40-13-11-19-45(29-40)47-25-27-58-52(33-47)50-21-7-9-23-56(50)67(58)60-31-42(39-65)32-61(62(60)49-35-54(43-15-3-1-4-16-43)66-55(36-49)44-17-5-2-6-18-44)68-57-24-10-8-22-51(57)53-34-48(26-28-59(53)68)46-20-12-14-41(30-46)38-64/h1-36H. The number of nitrogens with zero attached hydrogens (tertiary/aromatic N) is 6. The number of para-hydroxylation sites is 2. The predicted molar refractivity (Wildman–Crippen MR) is 274 cm³/mol. The fourth-order valence-corrected chi connectivity index (χ4v) is 9.87. The zero-order valence-corrected chi connectivity index (χ0v) is 36.5. The van der Waals surface area contributed by atoms with Crippen LogP contribution in [0.25, 0.3) is 111 Å². The summed E-state index contributed by atoms with van der Waals surface area (Å²) in [7, 11) is 0. The van der Waals surface area contributed by atoms with Crippen molar-refractivity contribution in [3.05, 3.63) is 235 Å². The van der Waals surface area contributed by atoms with Gasteiger partial charge >= 0.3 is 0 Å². The first-order chi connectivity index (χ1) is 33.6. The second-order valence-electron chi connectivity index (χ2n) is 16.9. The topological polar surface area (TPSA) is 94.1 Å². The molecular weight excluding hydrogens is 829 g/mol. The Labute approximate surface area is 392 Å². The lowest BCUT2D eigenvalue weighted by Gasteiger charge is -2.22. The van der Waals surface area contributed by atoms with Gasteiger partial charge < -0.3 is 9.13 Å². The molecule has 3 heterocycles. The summed E-state index contributed by atoms with van der Waals surface area (Å²) in [5.74, 6) is 0. The summed E-state index contributed by atoms with van der Waals surface area (Å²) < 4.78 is 4.61. The van der Waals surface area contributed by atoms with Crippen molar-refractivity contribution in [3.63, 3.8) is 0 Å². The number of hydrogen-bond donors (Lipinski definition) is 0. The Bertz CT molecular complexity index is 3870. The predicted octanol–water partition coefficient (Wildman–Crippen LogP) is 15.2. The minimum atomic E-state index is 0.506. The first kappa shape index (κ1) is 39.8. The highest BCUT2D eigenvalue weighted by Crippen LogP contribution is 2.45. The lowest BCUT2D eigenvalue weighted by Crippen LogP contribution is -2.05. The Morgan fingerprint density at radius 1 is 0.294 bits per heavy atom. The van der Waals surface area contributed by atoms with Gasteiger partial charge in [-0.2, -0.15) is 15.8 Å². The van der Waals surface area contributed by atoms with E-state index >= 15 is 0 Å². The molecule has 0 amide bonds. The lowest BCUT2D eigenvalue weighted by atomic mass is 9.95. The van der Waals surface area contributed by atoms with Crippen LogP contribution in [0.5, 0.6) is 0 Å². The van der Waals surface area contributed by atoms with E-state index in [0.29, 0.717) is 16.7 Å². The van der Waals surface area contributed by atoms with Crippen LogP contribution >= 0.6 is 0 Å². The maximum absolute atomic E-state index is 11.1. The molecule has 0 saturated heterocycles. The van der Waals surface area contributed by atoms with E-state index in [9.17, 15) is 15.8 Å². The molecule has 0 N–H and O–H groups in total. The molecule has 0 aliphatic carbocycles. The van der Waals surface area contributed by atoms with E-state index in [1.54, 1.807) is 0 Å². The average Bonchev–Trinajstić information content (AvgIpc) is 3.93. The molecule has 0 fully saturated rings. The Morgan fingerprint density at radius 3 is 1.15 bits per heavy atom. The van der Waals surface area contributed by atoms with E-state index in [4.69, 9.17) is 4.98 Å². The summed E-state index contributed by atoms with van der Waals surface area (Å²) in [5.41, 5.74) is 16.7. The molecule has 0 spiro atoms. The maximum atomic E-state index is 11.1. The molecule has 12 aromatic rings. The molecule has 6 heteroatoms. The summed E-state index contributed by atoms with van der Waals surface area (Å²) in [5, 5.41) is 34.8. The fourth-order valence-electron chi connectivity index (χ4n) is 9.87. The van der Waals surface area contributed by atoms with Crippen molar-refractivity contribution in [2.75, 3.05) is 0 Å². The van der Waals surface area contributed by atoms with Crippen LogP contribution in [0.1, 0.15) is 16.7 Å². The van der Waals surface area contributed by atoms with Gasteiger partial charge in [-0.05, 0) is 113 Å². The molecule has 9 aromatic carbocycles. The van der Waals surface area contributed by atoms with Gasteiger partial charge in [0.2, 0.25) is 0 Å². The third-order valence-electron chi connectivity index (χ3n) is 13.0. The van der Waals surface area contributed by atoms with Crippen LogP contribution in [-0.4, -0.2) is 14.1 Å². The molecule has 0 saturated carbocycles. The van der Waals surface area contributed by atoms with Crippen LogP contribution < -0.4 is 0 Å². The molecule has 6 nitrogen and oxygen atoms in total. The van der Waals surface area contributed by atoms with Crippen LogP contribution in [0.4, 0.5) is 0 Å². The van der Waals surface area contributed by atoms with Crippen molar-refractivity contribution in [1.82, 2.24) is 14.1 Å². The van der Waals surface area contributed by atoms with Gasteiger partial charge in [0.15, 0.2) is 0 Å². The van der Waals surface area contributed by atoms with Crippen molar-refractivity contribution >= 4 is 43.6 Å². The van der Waals surface area contributed by atoms with Crippen LogP contribution in [0.2, 0.25) is 0 Å². The third-order valence-corrected chi connectivity index (χ3v) is 13.0.